The predicted molar refractivity (Wildman–Crippen MR) is 85.0 cm³/mol. The molecule has 2 aliphatic heterocycles. The molecule has 0 saturated carbocycles. The Morgan fingerprint density at radius 1 is 1.33 bits per heavy atom. The number of rotatable bonds is 2. The molecule has 3 nitrogen and oxygen atoms in total. The molecule has 1 aromatic carbocycles. The van der Waals surface area contributed by atoms with Crippen LogP contribution in [0.3, 0.4) is 0 Å². The minimum Gasteiger partial charge on any atom is -0.490 e. The largest absolute Gasteiger partial charge is 0.490 e. The third kappa shape index (κ3) is 2.92. The van der Waals surface area contributed by atoms with Gasteiger partial charge in [-0.05, 0) is 56.0 Å². The first-order valence-corrected chi connectivity index (χ1v) is 8.35. The average Bonchev–Trinajstić information content (AvgIpc) is 2.47. The van der Waals surface area contributed by atoms with Crippen molar-refractivity contribution in [3.63, 3.8) is 0 Å². The second-order valence-corrected chi connectivity index (χ2v) is 6.81. The second-order valence-electron chi connectivity index (χ2n) is 6.38. The van der Waals surface area contributed by atoms with E-state index >= 15 is 0 Å². The maximum absolute atomic E-state index is 10.5. The molecule has 0 amide bonds. The zero-order chi connectivity index (χ0) is 15.0. The molecule has 0 bridgehead atoms. The number of benzene rings is 1. The normalized spacial score (nSPS) is 27.2. The van der Waals surface area contributed by atoms with Gasteiger partial charge < -0.3 is 9.84 Å². The van der Waals surface area contributed by atoms with Gasteiger partial charge in [0.15, 0.2) is 0 Å². The summed E-state index contributed by atoms with van der Waals surface area (Å²) in [4.78, 5) is 2.40. The molecule has 2 atom stereocenters. The van der Waals surface area contributed by atoms with Gasteiger partial charge in [0.1, 0.15) is 18.5 Å². The van der Waals surface area contributed by atoms with Crippen molar-refractivity contribution in [2.24, 2.45) is 5.92 Å². The average molecular weight is 310 g/mol. The van der Waals surface area contributed by atoms with Gasteiger partial charge >= 0.3 is 0 Å². The summed E-state index contributed by atoms with van der Waals surface area (Å²) in [7, 11) is 0. The monoisotopic (exact) mass is 309 g/mol. The summed E-state index contributed by atoms with van der Waals surface area (Å²) in [6.07, 6.45) is 2.80. The summed E-state index contributed by atoms with van der Waals surface area (Å²) in [5, 5.41) is 11.2. The van der Waals surface area contributed by atoms with Crippen molar-refractivity contribution in [2.45, 2.75) is 45.3 Å². The van der Waals surface area contributed by atoms with E-state index in [1.54, 1.807) is 0 Å². The number of hydrogen-bond acceptors (Lipinski definition) is 3. The molecule has 116 valence electrons. The number of aliphatic hydroxyl groups is 1. The predicted octanol–water partition coefficient (Wildman–Crippen LogP) is 3.43. The fourth-order valence-electron chi connectivity index (χ4n) is 3.55. The number of ether oxygens (including phenoxy) is 1. The van der Waals surface area contributed by atoms with Crippen molar-refractivity contribution in [1.29, 1.82) is 0 Å². The lowest BCUT2D eigenvalue weighted by Gasteiger charge is -2.42. The van der Waals surface area contributed by atoms with Crippen LogP contribution in [-0.2, 0) is 6.42 Å². The van der Waals surface area contributed by atoms with Crippen molar-refractivity contribution in [3.05, 3.63) is 28.3 Å². The highest BCUT2D eigenvalue weighted by atomic mass is 35.5. The van der Waals surface area contributed by atoms with Crippen LogP contribution in [0.5, 0.6) is 5.75 Å². The zero-order valence-corrected chi connectivity index (χ0v) is 13.6. The number of piperidine rings is 1. The summed E-state index contributed by atoms with van der Waals surface area (Å²) in [6.45, 7) is 6.86. The van der Waals surface area contributed by atoms with Crippen LogP contribution in [0.2, 0.25) is 5.02 Å². The van der Waals surface area contributed by atoms with Gasteiger partial charge in [0.25, 0.3) is 0 Å². The van der Waals surface area contributed by atoms with Crippen molar-refractivity contribution in [2.75, 3.05) is 19.7 Å². The van der Waals surface area contributed by atoms with Crippen molar-refractivity contribution < 1.29 is 9.84 Å². The van der Waals surface area contributed by atoms with E-state index in [0.717, 1.165) is 47.3 Å². The third-order valence-corrected chi connectivity index (χ3v) is 5.05. The molecular weight excluding hydrogens is 286 g/mol. The Morgan fingerprint density at radius 3 is 2.71 bits per heavy atom. The number of aryl methyl sites for hydroxylation is 1. The Bertz CT molecular complexity index is 512. The van der Waals surface area contributed by atoms with E-state index in [9.17, 15) is 5.11 Å². The number of fused-ring (bicyclic) bond motifs is 1. The Labute approximate surface area is 131 Å². The first-order chi connectivity index (χ1) is 10.1. The minimum atomic E-state index is -0.478. The number of aliphatic hydroxyl groups excluding tert-OH is 1. The van der Waals surface area contributed by atoms with Crippen LogP contribution in [0.4, 0.5) is 0 Å². The molecule has 0 spiro atoms. The van der Waals surface area contributed by atoms with Gasteiger partial charge in [0.2, 0.25) is 0 Å². The first-order valence-electron chi connectivity index (χ1n) is 7.97. The smallest absolute Gasteiger partial charge is 0.127 e. The van der Waals surface area contributed by atoms with E-state index in [1.807, 2.05) is 12.1 Å². The molecule has 2 aliphatic rings. The summed E-state index contributed by atoms with van der Waals surface area (Å²) < 4.78 is 5.82. The highest BCUT2D eigenvalue weighted by molar-refractivity contribution is 6.30. The lowest BCUT2D eigenvalue weighted by atomic mass is 9.90. The van der Waals surface area contributed by atoms with E-state index in [0.29, 0.717) is 6.61 Å². The van der Waals surface area contributed by atoms with Crippen LogP contribution < -0.4 is 4.74 Å². The Hall–Kier alpha value is -0.770. The topological polar surface area (TPSA) is 32.7 Å². The molecule has 3 rings (SSSR count). The van der Waals surface area contributed by atoms with Gasteiger partial charge in [-0.3, -0.25) is 4.90 Å². The van der Waals surface area contributed by atoms with Gasteiger partial charge in [-0.25, -0.2) is 0 Å². The van der Waals surface area contributed by atoms with E-state index < -0.39 is 6.10 Å². The molecule has 21 heavy (non-hydrogen) atoms. The molecule has 4 heteroatoms. The fourth-order valence-corrected chi connectivity index (χ4v) is 3.79. The number of likely N-dealkylation sites (tertiary alicyclic amines) is 1. The maximum Gasteiger partial charge on any atom is 0.127 e. The number of nitrogens with zero attached hydrogens (tertiary/aromatic N) is 1. The first kappa shape index (κ1) is 15.1. The summed E-state index contributed by atoms with van der Waals surface area (Å²) >= 11 is 6.28. The molecule has 2 heterocycles. The molecule has 0 radical (unpaired) electrons. The minimum absolute atomic E-state index is 0.0187. The summed E-state index contributed by atoms with van der Waals surface area (Å²) in [5.74, 6) is 1.72. The number of hydrogen-bond donors (Lipinski definition) is 1. The molecule has 1 saturated heterocycles. The zero-order valence-electron chi connectivity index (χ0n) is 12.8. The standard InChI is InChI=1S/C17H24ClNO2/c1-3-12-8-13(18)9-14-16(15(20)10-21-17(12)14)19-6-4-11(2)5-7-19/h8-9,11,15-16,20H,3-7,10H2,1-2H3. The Kier molecular flexibility index (Phi) is 4.43. The summed E-state index contributed by atoms with van der Waals surface area (Å²) in [6, 6.07) is 3.97. The molecule has 0 aliphatic carbocycles. The highest BCUT2D eigenvalue weighted by Gasteiger charge is 2.36. The lowest BCUT2D eigenvalue weighted by molar-refractivity contribution is -0.0117. The molecular formula is C17H24ClNO2. The molecule has 2 unspecified atom stereocenters. The number of halogens is 1. The van der Waals surface area contributed by atoms with Crippen LogP contribution in [-0.4, -0.2) is 35.8 Å². The van der Waals surface area contributed by atoms with Crippen LogP contribution in [0, 0.1) is 5.92 Å². The fraction of sp³-hybridized carbons (Fsp3) is 0.647. The Morgan fingerprint density at radius 2 is 2.05 bits per heavy atom. The van der Waals surface area contributed by atoms with E-state index in [-0.39, 0.29) is 6.04 Å². The van der Waals surface area contributed by atoms with Crippen LogP contribution in [0.15, 0.2) is 12.1 Å². The summed E-state index contributed by atoms with van der Waals surface area (Å²) in [5.41, 5.74) is 2.20. The van der Waals surface area contributed by atoms with E-state index in [2.05, 4.69) is 18.7 Å². The van der Waals surface area contributed by atoms with Gasteiger partial charge in [-0.1, -0.05) is 25.4 Å². The van der Waals surface area contributed by atoms with Crippen molar-refractivity contribution in [1.82, 2.24) is 4.90 Å². The van der Waals surface area contributed by atoms with Crippen LogP contribution >= 0.6 is 11.6 Å². The second kappa shape index (κ2) is 6.15. The van der Waals surface area contributed by atoms with E-state index in [1.165, 1.54) is 12.8 Å². The van der Waals surface area contributed by atoms with Crippen LogP contribution in [0.1, 0.15) is 43.9 Å². The maximum atomic E-state index is 10.5. The SMILES string of the molecule is CCc1cc(Cl)cc2c1OCC(O)C2N1CCC(C)CC1. The highest BCUT2D eigenvalue weighted by Crippen LogP contribution is 2.41. The molecule has 1 aromatic rings. The van der Waals surface area contributed by atoms with Gasteiger partial charge in [-0.2, -0.15) is 0 Å². The van der Waals surface area contributed by atoms with E-state index in [4.69, 9.17) is 16.3 Å². The lowest BCUT2D eigenvalue weighted by Crippen LogP contribution is -2.45. The van der Waals surface area contributed by atoms with Crippen molar-refractivity contribution in [3.8, 4) is 5.75 Å². The van der Waals surface area contributed by atoms with Gasteiger partial charge in [0.05, 0.1) is 6.04 Å². The van der Waals surface area contributed by atoms with Gasteiger partial charge in [0, 0.05) is 10.6 Å². The molecule has 1 fully saturated rings. The molecule has 0 aromatic heterocycles. The third-order valence-electron chi connectivity index (χ3n) is 4.83. The molecule has 1 N–H and O–H groups in total. The van der Waals surface area contributed by atoms with Gasteiger partial charge in [-0.15, -0.1) is 0 Å². The Balaban J connectivity index is 1.96. The van der Waals surface area contributed by atoms with Crippen LogP contribution in [0.25, 0.3) is 0 Å². The quantitative estimate of drug-likeness (QED) is 0.908. The van der Waals surface area contributed by atoms with Crippen molar-refractivity contribution >= 4 is 11.6 Å².